The summed E-state index contributed by atoms with van der Waals surface area (Å²) in [5.74, 6) is -0.563. The van der Waals surface area contributed by atoms with Crippen LogP contribution in [0.15, 0.2) is 18.2 Å². The van der Waals surface area contributed by atoms with E-state index in [-0.39, 0.29) is 12.2 Å². The maximum absolute atomic E-state index is 12.1. The maximum Gasteiger partial charge on any atom is 0.309 e. The van der Waals surface area contributed by atoms with Gasteiger partial charge in [0.1, 0.15) is 5.75 Å². The molecule has 0 radical (unpaired) electrons. The average molecular weight is 250 g/mol. The van der Waals surface area contributed by atoms with Crippen molar-refractivity contribution in [2.45, 2.75) is 27.2 Å². The summed E-state index contributed by atoms with van der Waals surface area (Å²) in [6, 6.07) is 5.21. The van der Waals surface area contributed by atoms with Crippen LogP contribution >= 0.6 is 0 Å². The molecule has 98 valence electrons. The van der Waals surface area contributed by atoms with E-state index in [1.54, 1.807) is 32.0 Å². The molecule has 18 heavy (non-hydrogen) atoms. The number of hydrogen-bond donors (Lipinski definition) is 1. The molecule has 0 saturated heterocycles. The Labute approximate surface area is 107 Å². The maximum atomic E-state index is 12.1. The summed E-state index contributed by atoms with van der Waals surface area (Å²) in [4.78, 5) is 23.2. The fourth-order valence-electron chi connectivity index (χ4n) is 1.60. The lowest BCUT2D eigenvalue weighted by molar-refractivity contribution is -0.146. The number of aryl methyl sites for hydroxylation is 1. The summed E-state index contributed by atoms with van der Waals surface area (Å²) < 4.78 is 5.07. The van der Waals surface area contributed by atoms with Crippen LogP contribution < -0.4 is 4.74 Å². The SMILES string of the molecule is COc1ccc(C)c(C(=O)CC(C)(C)C(=O)O)c1. The number of ether oxygens (including phenoxy) is 1. The smallest absolute Gasteiger partial charge is 0.309 e. The number of carboxylic acid groups (broad SMARTS) is 1. The number of hydrogen-bond acceptors (Lipinski definition) is 3. The van der Waals surface area contributed by atoms with Crippen molar-refractivity contribution in [3.63, 3.8) is 0 Å². The van der Waals surface area contributed by atoms with Crippen LogP contribution in [0, 0.1) is 12.3 Å². The van der Waals surface area contributed by atoms with Gasteiger partial charge in [-0.1, -0.05) is 6.07 Å². The number of benzene rings is 1. The molecule has 0 spiro atoms. The van der Waals surface area contributed by atoms with Gasteiger partial charge in [0.05, 0.1) is 12.5 Å². The fourth-order valence-corrected chi connectivity index (χ4v) is 1.60. The predicted octanol–water partition coefficient (Wildman–Crippen LogP) is 2.69. The Morgan fingerprint density at radius 2 is 1.94 bits per heavy atom. The van der Waals surface area contributed by atoms with E-state index in [1.807, 2.05) is 6.92 Å². The second kappa shape index (κ2) is 5.21. The molecule has 1 aromatic rings. The summed E-state index contributed by atoms with van der Waals surface area (Å²) in [5.41, 5.74) is 0.276. The highest BCUT2D eigenvalue weighted by Gasteiger charge is 2.31. The topological polar surface area (TPSA) is 63.6 Å². The molecule has 0 unspecified atom stereocenters. The van der Waals surface area contributed by atoms with E-state index in [2.05, 4.69) is 0 Å². The van der Waals surface area contributed by atoms with E-state index >= 15 is 0 Å². The molecule has 0 fully saturated rings. The lowest BCUT2D eigenvalue weighted by atomic mass is 9.85. The first kappa shape index (κ1) is 14.2. The van der Waals surface area contributed by atoms with Gasteiger partial charge in [0.25, 0.3) is 0 Å². The Balaban J connectivity index is 3.01. The molecule has 0 aliphatic heterocycles. The Morgan fingerprint density at radius 3 is 2.44 bits per heavy atom. The first-order chi connectivity index (χ1) is 8.27. The van der Waals surface area contributed by atoms with E-state index in [4.69, 9.17) is 9.84 Å². The molecule has 0 heterocycles. The van der Waals surface area contributed by atoms with Crippen molar-refractivity contribution < 1.29 is 19.4 Å². The molecule has 0 aromatic heterocycles. The van der Waals surface area contributed by atoms with Crippen LogP contribution in [0.1, 0.15) is 36.2 Å². The highest BCUT2D eigenvalue weighted by atomic mass is 16.5. The van der Waals surface area contributed by atoms with Crippen LogP contribution in [0.4, 0.5) is 0 Å². The lowest BCUT2D eigenvalue weighted by Crippen LogP contribution is -2.27. The minimum absolute atomic E-state index is 0.0314. The second-order valence-corrected chi connectivity index (χ2v) is 4.97. The van der Waals surface area contributed by atoms with E-state index in [9.17, 15) is 9.59 Å². The standard InChI is InChI=1S/C14H18O4/c1-9-5-6-10(18-4)7-11(9)12(15)8-14(2,3)13(16)17/h5-7H,8H2,1-4H3,(H,16,17). The molecule has 0 bridgehead atoms. The Bertz CT molecular complexity index is 475. The number of aliphatic carboxylic acids is 1. The van der Waals surface area contributed by atoms with E-state index < -0.39 is 11.4 Å². The van der Waals surface area contributed by atoms with E-state index in [1.165, 1.54) is 7.11 Å². The zero-order valence-electron chi connectivity index (χ0n) is 11.1. The number of carbonyl (C=O) groups excluding carboxylic acids is 1. The van der Waals surface area contributed by atoms with Gasteiger partial charge in [-0.2, -0.15) is 0 Å². The monoisotopic (exact) mass is 250 g/mol. The number of rotatable bonds is 5. The Morgan fingerprint density at radius 1 is 1.33 bits per heavy atom. The first-order valence-electron chi connectivity index (χ1n) is 5.69. The zero-order valence-corrected chi connectivity index (χ0v) is 11.1. The van der Waals surface area contributed by atoms with Gasteiger partial charge in [0.2, 0.25) is 0 Å². The van der Waals surface area contributed by atoms with Gasteiger partial charge in [0, 0.05) is 12.0 Å². The highest BCUT2D eigenvalue weighted by molar-refractivity contribution is 6.00. The van der Waals surface area contributed by atoms with Gasteiger partial charge < -0.3 is 9.84 Å². The molecular weight excluding hydrogens is 232 g/mol. The largest absolute Gasteiger partial charge is 0.497 e. The summed E-state index contributed by atoms with van der Waals surface area (Å²) in [7, 11) is 1.53. The Hall–Kier alpha value is -1.84. The van der Waals surface area contributed by atoms with Gasteiger partial charge in [-0.15, -0.1) is 0 Å². The van der Waals surface area contributed by atoms with Crippen LogP contribution in [-0.2, 0) is 4.79 Å². The molecule has 0 saturated carbocycles. The molecule has 4 nitrogen and oxygen atoms in total. The third kappa shape index (κ3) is 3.09. The predicted molar refractivity (Wildman–Crippen MR) is 68.1 cm³/mol. The number of Topliss-reactive ketones (excluding diaryl/α,β-unsaturated/α-hetero) is 1. The molecule has 0 atom stereocenters. The fraction of sp³-hybridized carbons (Fsp3) is 0.429. The Kier molecular flexibility index (Phi) is 4.11. The van der Waals surface area contributed by atoms with E-state index in [0.29, 0.717) is 11.3 Å². The minimum Gasteiger partial charge on any atom is -0.497 e. The van der Waals surface area contributed by atoms with Gasteiger partial charge in [-0.3, -0.25) is 9.59 Å². The molecule has 0 aliphatic rings. The number of ketones is 1. The zero-order chi connectivity index (χ0) is 13.9. The summed E-state index contributed by atoms with van der Waals surface area (Å²) in [5, 5.41) is 9.03. The van der Waals surface area contributed by atoms with Gasteiger partial charge in [-0.05, 0) is 38.5 Å². The highest BCUT2D eigenvalue weighted by Crippen LogP contribution is 2.26. The second-order valence-electron chi connectivity index (χ2n) is 4.97. The van der Waals surface area contributed by atoms with Crippen LogP contribution in [0.2, 0.25) is 0 Å². The number of carbonyl (C=O) groups is 2. The number of carboxylic acids is 1. The summed E-state index contributed by atoms with van der Waals surface area (Å²) in [6.07, 6.45) is -0.0314. The third-order valence-corrected chi connectivity index (χ3v) is 2.93. The van der Waals surface area contributed by atoms with Crippen LogP contribution in [-0.4, -0.2) is 24.0 Å². The van der Waals surface area contributed by atoms with Crippen LogP contribution in [0.25, 0.3) is 0 Å². The van der Waals surface area contributed by atoms with Crippen LogP contribution in [0.5, 0.6) is 5.75 Å². The van der Waals surface area contributed by atoms with E-state index in [0.717, 1.165) is 5.56 Å². The van der Waals surface area contributed by atoms with Crippen molar-refractivity contribution in [2.75, 3.05) is 7.11 Å². The lowest BCUT2D eigenvalue weighted by Gasteiger charge is -2.18. The molecule has 0 amide bonds. The van der Waals surface area contributed by atoms with Crippen molar-refractivity contribution in [1.29, 1.82) is 0 Å². The van der Waals surface area contributed by atoms with Crippen molar-refractivity contribution in [3.8, 4) is 5.75 Å². The average Bonchev–Trinajstić information content (AvgIpc) is 2.28. The van der Waals surface area contributed by atoms with Crippen molar-refractivity contribution in [3.05, 3.63) is 29.3 Å². The summed E-state index contributed by atoms with van der Waals surface area (Å²) >= 11 is 0. The number of methoxy groups -OCH3 is 1. The first-order valence-corrected chi connectivity index (χ1v) is 5.69. The molecule has 4 heteroatoms. The van der Waals surface area contributed by atoms with Gasteiger partial charge in [-0.25, -0.2) is 0 Å². The summed E-state index contributed by atoms with van der Waals surface area (Å²) in [6.45, 7) is 4.91. The van der Waals surface area contributed by atoms with Crippen LogP contribution in [0.3, 0.4) is 0 Å². The van der Waals surface area contributed by atoms with Gasteiger partial charge >= 0.3 is 5.97 Å². The minimum atomic E-state index is -1.06. The third-order valence-electron chi connectivity index (χ3n) is 2.93. The van der Waals surface area contributed by atoms with Crippen molar-refractivity contribution in [1.82, 2.24) is 0 Å². The molecular formula is C14H18O4. The van der Waals surface area contributed by atoms with Gasteiger partial charge in [0.15, 0.2) is 5.78 Å². The molecule has 0 aliphatic carbocycles. The molecule has 1 N–H and O–H groups in total. The molecule has 1 rings (SSSR count). The van der Waals surface area contributed by atoms with Crippen molar-refractivity contribution >= 4 is 11.8 Å². The normalized spacial score (nSPS) is 11.1. The quantitative estimate of drug-likeness (QED) is 0.816. The van der Waals surface area contributed by atoms with Crippen molar-refractivity contribution in [2.24, 2.45) is 5.41 Å². The molecule has 1 aromatic carbocycles.